The van der Waals surface area contributed by atoms with Crippen LogP contribution in [-0.2, 0) is 27.9 Å². The van der Waals surface area contributed by atoms with Crippen LogP contribution in [0.4, 0.5) is 0 Å². The van der Waals surface area contributed by atoms with Crippen molar-refractivity contribution < 1.29 is 37.9 Å². The molecule has 1 amide bonds. The number of allylic oxidation sites excluding steroid dienone is 2. The van der Waals surface area contributed by atoms with Crippen molar-refractivity contribution in [3.63, 3.8) is 0 Å². The van der Waals surface area contributed by atoms with Gasteiger partial charge < -0.3 is 20.1 Å². The number of phosphoric acid groups is 1. The Labute approximate surface area is 307 Å². The lowest BCUT2D eigenvalue weighted by atomic mass is 10.0. The van der Waals surface area contributed by atoms with Crippen molar-refractivity contribution in [3.8, 4) is 0 Å². The molecule has 10 heteroatoms. The number of nitrogens with one attached hydrogen (secondary N) is 1. The maximum atomic E-state index is 12.0. The van der Waals surface area contributed by atoms with E-state index < -0.39 is 26.5 Å². The maximum absolute atomic E-state index is 12.0. The number of rotatable bonds is 39. The normalized spacial score (nSPS) is 13.4. The minimum atomic E-state index is -4.40. The van der Waals surface area contributed by atoms with E-state index >= 15 is 0 Å². The van der Waals surface area contributed by atoms with Gasteiger partial charge in [0.1, 0.15) is 12.7 Å². The van der Waals surface area contributed by atoms with Crippen LogP contribution in [0.1, 0.15) is 200 Å². The van der Waals surface area contributed by atoms with Gasteiger partial charge in [0.2, 0.25) is 5.91 Å². The molecule has 0 aliphatic rings. The van der Waals surface area contributed by atoms with Gasteiger partial charge in [-0.3, -0.25) is 18.6 Å². The van der Waals surface area contributed by atoms with Crippen LogP contribution in [0.15, 0.2) is 12.2 Å². The SMILES string of the molecule is CCCCCCCC/C=C/CCCCCCCCCCCCCC(=O)NCCOP(=O)(O)OCC(O)COC(=O)CCCCCCCCCC. The minimum Gasteiger partial charge on any atom is -0.463 e. The lowest BCUT2D eigenvalue weighted by Crippen LogP contribution is -2.27. The van der Waals surface area contributed by atoms with Crippen molar-refractivity contribution in [3.05, 3.63) is 12.2 Å². The summed E-state index contributed by atoms with van der Waals surface area (Å²) >= 11 is 0. The van der Waals surface area contributed by atoms with Crippen molar-refractivity contribution in [2.24, 2.45) is 0 Å². The van der Waals surface area contributed by atoms with Crippen molar-refractivity contribution in [1.82, 2.24) is 5.32 Å². The van der Waals surface area contributed by atoms with Crippen LogP contribution in [0.25, 0.3) is 0 Å². The van der Waals surface area contributed by atoms with Gasteiger partial charge in [0.05, 0.1) is 13.2 Å². The van der Waals surface area contributed by atoms with Gasteiger partial charge in [-0.2, -0.15) is 0 Å². The number of carbonyl (C=O) groups is 2. The van der Waals surface area contributed by atoms with Crippen molar-refractivity contribution in [2.45, 2.75) is 206 Å². The number of esters is 1. The molecule has 0 aliphatic carbocycles. The first-order valence-corrected chi connectivity index (χ1v) is 22.2. The number of carbonyl (C=O) groups excluding carboxylic acids is 2. The van der Waals surface area contributed by atoms with Crippen LogP contribution >= 0.6 is 7.82 Å². The molecule has 0 heterocycles. The van der Waals surface area contributed by atoms with Crippen LogP contribution in [0.5, 0.6) is 0 Å². The number of hydrogen-bond acceptors (Lipinski definition) is 7. The molecule has 50 heavy (non-hydrogen) atoms. The summed E-state index contributed by atoms with van der Waals surface area (Å²) < 4.78 is 26.7. The Morgan fingerprint density at radius 2 is 1.02 bits per heavy atom. The number of hydrogen-bond donors (Lipinski definition) is 3. The number of aliphatic hydroxyl groups excluding tert-OH is 1. The standard InChI is InChI=1S/C40H78NO8P/c1-3-5-7-9-11-13-14-15-16-17-18-19-20-21-22-23-24-25-26-28-30-32-39(43)41-34-35-48-50(45,46)49-37-38(42)36-47-40(44)33-31-29-27-12-10-8-6-4-2/h15-16,38,42H,3-14,17-37H2,1-2H3,(H,41,43)(H,45,46)/b16-15+. The molecule has 0 saturated heterocycles. The Bertz CT molecular complexity index is 840. The van der Waals surface area contributed by atoms with Gasteiger partial charge in [0.15, 0.2) is 0 Å². The average molecular weight is 732 g/mol. The first-order valence-electron chi connectivity index (χ1n) is 20.7. The Hall–Kier alpha value is -1.25. The Morgan fingerprint density at radius 1 is 0.600 bits per heavy atom. The lowest BCUT2D eigenvalue weighted by Gasteiger charge is -2.15. The van der Waals surface area contributed by atoms with Crippen molar-refractivity contribution in [2.75, 3.05) is 26.4 Å². The zero-order valence-corrected chi connectivity index (χ0v) is 33.3. The number of aliphatic hydroxyl groups is 1. The molecule has 0 aromatic heterocycles. The largest absolute Gasteiger partial charge is 0.472 e. The summed E-state index contributed by atoms with van der Waals surface area (Å²) in [5.41, 5.74) is 0. The zero-order chi connectivity index (χ0) is 36.8. The molecule has 3 N–H and O–H groups in total. The quantitative estimate of drug-likeness (QED) is 0.0246. The highest BCUT2D eigenvalue weighted by Crippen LogP contribution is 2.42. The fourth-order valence-electron chi connectivity index (χ4n) is 5.79. The highest BCUT2D eigenvalue weighted by Gasteiger charge is 2.23. The van der Waals surface area contributed by atoms with Crippen LogP contribution in [-0.4, -0.2) is 54.3 Å². The second kappa shape index (κ2) is 37.5. The van der Waals surface area contributed by atoms with Crippen molar-refractivity contribution in [1.29, 1.82) is 0 Å². The molecular weight excluding hydrogens is 653 g/mol. The predicted molar refractivity (Wildman–Crippen MR) is 206 cm³/mol. The van der Waals surface area contributed by atoms with Gasteiger partial charge >= 0.3 is 13.8 Å². The molecule has 296 valence electrons. The van der Waals surface area contributed by atoms with Crippen LogP contribution < -0.4 is 5.32 Å². The average Bonchev–Trinajstić information content (AvgIpc) is 3.10. The first-order chi connectivity index (χ1) is 24.3. The monoisotopic (exact) mass is 732 g/mol. The molecular formula is C40H78NO8P. The highest BCUT2D eigenvalue weighted by atomic mass is 31.2. The molecule has 2 atom stereocenters. The number of ether oxygens (including phenoxy) is 1. The molecule has 0 aromatic rings. The summed E-state index contributed by atoms with van der Waals surface area (Å²) in [6.07, 6.45) is 37.3. The van der Waals surface area contributed by atoms with E-state index in [1.165, 1.54) is 135 Å². The first kappa shape index (κ1) is 48.8. The van der Waals surface area contributed by atoms with E-state index in [1.807, 2.05) is 0 Å². The van der Waals surface area contributed by atoms with Gasteiger partial charge in [0, 0.05) is 19.4 Å². The van der Waals surface area contributed by atoms with E-state index in [2.05, 4.69) is 31.3 Å². The van der Waals surface area contributed by atoms with Gasteiger partial charge in [-0.15, -0.1) is 0 Å². The van der Waals surface area contributed by atoms with E-state index in [9.17, 15) is 24.2 Å². The second-order valence-electron chi connectivity index (χ2n) is 14.0. The molecule has 0 fully saturated rings. The van der Waals surface area contributed by atoms with E-state index in [4.69, 9.17) is 13.8 Å². The van der Waals surface area contributed by atoms with Gasteiger partial charge in [0.25, 0.3) is 0 Å². The highest BCUT2D eigenvalue weighted by molar-refractivity contribution is 7.47. The summed E-state index contributed by atoms with van der Waals surface area (Å²) in [4.78, 5) is 33.7. The molecule has 9 nitrogen and oxygen atoms in total. The molecule has 0 rings (SSSR count). The fraction of sp³-hybridized carbons (Fsp3) is 0.900. The van der Waals surface area contributed by atoms with E-state index in [-0.39, 0.29) is 32.1 Å². The number of amides is 1. The Kier molecular flexibility index (Phi) is 36.6. The molecule has 2 unspecified atom stereocenters. The van der Waals surface area contributed by atoms with E-state index in [0.29, 0.717) is 6.42 Å². The summed E-state index contributed by atoms with van der Waals surface area (Å²) in [5, 5.41) is 12.6. The van der Waals surface area contributed by atoms with E-state index in [0.717, 1.165) is 38.5 Å². The van der Waals surface area contributed by atoms with Gasteiger partial charge in [-0.05, 0) is 38.5 Å². The molecule has 0 saturated carbocycles. The molecule has 0 spiro atoms. The van der Waals surface area contributed by atoms with Gasteiger partial charge in [-0.1, -0.05) is 161 Å². The Morgan fingerprint density at radius 3 is 1.50 bits per heavy atom. The lowest BCUT2D eigenvalue weighted by molar-refractivity contribution is -0.147. The van der Waals surface area contributed by atoms with Crippen LogP contribution in [0.3, 0.4) is 0 Å². The molecule has 0 radical (unpaired) electrons. The number of phosphoric ester groups is 1. The molecule has 0 bridgehead atoms. The minimum absolute atomic E-state index is 0.0849. The summed E-state index contributed by atoms with van der Waals surface area (Å²) in [5.74, 6) is -0.516. The zero-order valence-electron chi connectivity index (χ0n) is 32.4. The third kappa shape index (κ3) is 38.0. The summed E-state index contributed by atoms with van der Waals surface area (Å²) in [6, 6.07) is 0. The molecule has 0 aromatic carbocycles. The predicted octanol–water partition coefficient (Wildman–Crippen LogP) is 11.0. The summed E-state index contributed by atoms with van der Waals surface area (Å²) in [6.45, 7) is 3.52. The van der Waals surface area contributed by atoms with Crippen molar-refractivity contribution >= 4 is 19.7 Å². The maximum Gasteiger partial charge on any atom is 0.472 e. The topological polar surface area (TPSA) is 131 Å². The van der Waals surface area contributed by atoms with Gasteiger partial charge in [-0.25, -0.2) is 4.57 Å². The third-order valence-electron chi connectivity index (χ3n) is 8.95. The molecule has 0 aliphatic heterocycles. The summed E-state index contributed by atoms with van der Waals surface area (Å²) in [7, 11) is -4.40. The fourth-order valence-corrected chi connectivity index (χ4v) is 6.54. The van der Waals surface area contributed by atoms with Crippen LogP contribution in [0, 0.1) is 0 Å². The Balaban J connectivity index is 3.53. The smallest absolute Gasteiger partial charge is 0.463 e. The second-order valence-corrected chi connectivity index (χ2v) is 15.4. The van der Waals surface area contributed by atoms with Crippen LogP contribution in [0.2, 0.25) is 0 Å². The third-order valence-corrected chi connectivity index (χ3v) is 9.93. The van der Waals surface area contributed by atoms with E-state index in [1.54, 1.807) is 0 Å². The number of unbranched alkanes of at least 4 members (excludes halogenated alkanes) is 24.